The van der Waals surface area contributed by atoms with E-state index in [0.29, 0.717) is 17.9 Å². The maximum atomic E-state index is 13.7. The molecule has 152 valence electrons. The molecule has 9 heteroatoms. The standard InChI is InChI=1S/C20H19F3N4O2/c1-2-12-6-3-4-7-13(12)25-19(28)15-11-18-24-14(16-8-5-9-29-16)10-17(20(21,22)23)27(18)26-15/h3-9,11,14,17,24H,2,10H2,1H3,(H,25,28)/t14-,17+/m0/s1. The van der Waals surface area contributed by atoms with Crippen LogP contribution < -0.4 is 10.6 Å². The smallest absolute Gasteiger partial charge is 0.410 e. The number of benzene rings is 1. The number of carbonyl (C=O) groups excluding carboxylic acids is 1. The minimum atomic E-state index is -4.52. The molecule has 0 saturated heterocycles. The molecule has 0 saturated carbocycles. The van der Waals surface area contributed by atoms with E-state index in [0.717, 1.165) is 10.2 Å². The molecule has 1 aromatic carbocycles. The summed E-state index contributed by atoms with van der Waals surface area (Å²) in [6.45, 7) is 1.95. The summed E-state index contributed by atoms with van der Waals surface area (Å²) in [7, 11) is 0. The number of alkyl halides is 3. The normalized spacial score (nSPS) is 18.8. The van der Waals surface area contributed by atoms with Crippen molar-refractivity contribution in [3.05, 3.63) is 65.7 Å². The predicted molar refractivity (Wildman–Crippen MR) is 101 cm³/mol. The number of furan rings is 1. The van der Waals surface area contributed by atoms with Crippen molar-refractivity contribution in [3.63, 3.8) is 0 Å². The average molecular weight is 404 g/mol. The third-order valence-electron chi connectivity index (χ3n) is 4.96. The van der Waals surface area contributed by atoms with Crippen molar-refractivity contribution < 1.29 is 22.4 Å². The molecular weight excluding hydrogens is 385 g/mol. The van der Waals surface area contributed by atoms with Crippen LogP contribution in [-0.4, -0.2) is 21.9 Å². The van der Waals surface area contributed by atoms with E-state index in [9.17, 15) is 18.0 Å². The molecular formula is C20H19F3N4O2. The van der Waals surface area contributed by atoms with Gasteiger partial charge in [0, 0.05) is 18.2 Å². The molecule has 0 bridgehead atoms. The lowest BCUT2D eigenvalue weighted by Gasteiger charge is -2.32. The second kappa shape index (κ2) is 7.31. The van der Waals surface area contributed by atoms with E-state index >= 15 is 0 Å². The quantitative estimate of drug-likeness (QED) is 0.645. The van der Waals surface area contributed by atoms with Gasteiger partial charge in [0.15, 0.2) is 11.7 Å². The fraction of sp³-hybridized carbons (Fsp3) is 0.300. The predicted octanol–water partition coefficient (Wildman–Crippen LogP) is 4.95. The molecule has 1 amide bonds. The summed E-state index contributed by atoms with van der Waals surface area (Å²) in [6, 6.07) is 9.30. The van der Waals surface area contributed by atoms with E-state index in [4.69, 9.17) is 4.42 Å². The van der Waals surface area contributed by atoms with Crippen molar-refractivity contribution in [1.82, 2.24) is 9.78 Å². The Kier molecular flexibility index (Phi) is 4.81. The Bertz CT molecular complexity index is 1010. The molecule has 3 aromatic rings. The monoisotopic (exact) mass is 404 g/mol. The Morgan fingerprint density at radius 3 is 2.79 bits per heavy atom. The maximum Gasteiger partial charge on any atom is 0.410 e. The second-order valence-electron chi connectivity index (χ2n) is 6.83. The van der Waals surface area contributed by atoms with E-state index in [1.807, 2.05) is 19.1 Å². The van der Waals surface area contributed by atoms with E-state index in [2.05, 4.69) is 15.7 Å². The van der Waals surface area contributed by atoms with Crippen LogP contribution in [0, 0.1) is 0 Å². The summed E-state index contributed by atoms with van der Waals surface area (Å²) in [5.41, 5.74) is 1.45. The minimum Gasteiger partial charge on any atom is -0.467 e. The fourth-order valence-electron chi connectivity index (χ4n) is 3.50. The highest BCUT2D eigenvalue weighted by Gasteiger charge is 2.47. The molecule has 2 aromatic heterocycles. The maximum absolute atomic E-state index is 13.7. The molecule has 6 nitrogen and oxygen atoms in total. The van der Waals surface area contributed by atoms with Gasteiger partial charge in [-0.2, -0.15) is 18.3 Å². The van der Waals surface area contributed by atoms with Crippen LogP contribution in [0.3, 0.4) is 0 Å². The minimum absolute atomic E-state index is 0.0900. The van der Waals surface area contributed by atoms with E-state index in [1.54, 1.807) is 24.3 Å². The second-order valence-corrected chi connectivity index (χ2v) is 6.83. The van der Waals surface area contributed by atoms with E-state index < -0.39 is 24.2 Å². The van der Waals surface area contributed by atoms with Crippen LogP contribution in [0.5, 0.6) is 0 Å². The Hall–Kier alpha value is -3.23. The fourth-order valence-corrected chi connectivity index (χ4v) is 3.50. The first-order chi connectivity index (χ1) is 13.9. The number of carbonyl (C=O) groups is 1. The van der Waals surface area contributed by atoms with Crippen molar-refractivity contribution in [2.45, 2.75) is 38.0 Å². The van der Waals surface area contributed by atoms with Crippen molar-refractivity contribution in [1.29, 1.82) is 0 Å². The van der Waals surface area contributed by atoms with Crippen LogP contribution in [0.15, 0.2) is 53.1 Å². The van der Waals surface area contributed by atoms with Gasteiger partial charge >= 0.3 is 6.18 Å². The van der Waals surface area contributed by atoms with Gasteiger partial charge in [-0.25, -0.2) is 4.68 Å². The molecule has 0 radical (unpaired) electrons. The molecule has 2 N–H and O–H groups in total. The number of aryl methyl sites for hydroxylation is 1. The molecule has 0 unspecified atom stereocenters. The lowest BCUT2D eigenvalue weighted by molar-refractivity contribution is -0.174. The average Bonchev–Trinajstić information content (AvgIpc) is 3.36. The van der Waals surface area contributed by atoms with Gasteiger partial charge < -0.3 is 15.1 Å². The molecule has 4 rings (SSSR count). The number of para-hydroxylation sites is 1. The van der Waals surface area contributed by atoms with Gasteiger partial charge in [0.2, 0.25) is 0 Å². The first-order valence-electron chi connectivity index (χ1n) is 9.22. The molecule has 0 aliphatic carbocycles. The summed E-state index contributed by atoms with van der Waals surface area (Å²) in [6.07, 6.45) is -2.68. The summed E-state index contributed by atoms with van der Waals surface area (Å²) >= 11 is 0. The number of halogens is 3. The highest BCUT2D eigenvalue weighted by atomic mass is 19.4. The van der Waals surface area contributed by atoms with E-state index in [1.165, 1.54) is 12.3 Å². The lowest BCUT2D eigenvalue weighted by atomic mass is 10.0. The summed E-state index contributed by atoms with van der Waals surface area (Å²) in [5, 5.41) is 9.68. The zero-order valence-corrected chi connectivity index (χ0v) is 15.5. The number of hydrogen-bond acceptors (Lipinski definition) is 4. The summed E-state index contributed by atoms with van der Waals surface area (Å²) < 4.78 is 47.1. The molecule has 3 heterocycles. The van der Waals surface area contributed by atoms with Gasteiger partial charge in [-0.05, 0) is 30.2 Å². The highest BCUT2D eigenvalue weighted by Crippen LogP contribution is 2.43. The Morgan fingerprint density at radius 1 is 1.31 bits per heavy atom. The summed E-state index contributed by atoms with van der Waals surface area (Å²) in [5.74, 6) is -0.0476. The van der Waals surface area contributed by atoms with Gasteiger partial charge in [0.05, 0.1) is 12.3 Å². The topological polar surface area (TPSA) is 72.1 Å². The third kappa shape index (κ3) is 3.72. The Morgan fingerprint density at radius 2 is 2.10 bits per heavy atom. The molecule has 1 aliphatic heterocycles. The van der Waals surface area contributed by atoms with Gasteiger partial charge in [-0.15, -0.1) is 0 Å². The molecule has 1 aliphatic rings. The molecule has 29 heavy (non-hydrogen) atoms. The number of amides is 1. The first-order valence-corrected chi connectivity index (χ1v) is 9.22. The number of fused-ring (bicyclic) bond motifs is 1. The van der Waals surface area contributed by atoms with Gasteiger partial charge in [-0.3, -0.25) is 4.79 Å². The van der Waals surface area contributed by atoms with Crippen LogP contribution in [-0.2, 0) is 6.42 Å². The van der Waals surface area contributed by atoms with Gasteiger partial charge in [-0.1, -0.05) is 25.1 Å². The van der Waals surface area contributed by atoms with Crippen molar-refractivity contribution in [2.75, 3.05) is 10.6 Å². The summed E-state index contributed by atoms with van der Waals surface area (Å²) in [4.78, 5) is 12.7. The van der Waals surface area contributed by atoms with Crippen molar-refractivity contribution >= 4 is 17.4 Å². The number of nitrogens with zero attached hydrogens (tertiary/aromatic N) is 2. The molecule has 0 fully saturated rings. The number of anilines is 2. The number of rotatable bonds is 4. The SMILES string of the molecule is CCc1ccccc1NC(=O)c1cc2n(n1)[C@@H](C(F)(F)F)C[C@@H](c1ccco1)N2. The van der Waals surface area contributed by atoms with Crippen LogP contribution in [0.2, 0.25) is 0 Å². The van der Waals surface area contributed by atoms with Crippen LogP contribution in [0.4, 0.5) is 24.7 Å². The highest BCUT2D eigenvalue weighted by molar-refractivity contribution is 6.03. The number of aromatic nitrogens is 2. The molecule has 2 atom stereocenters. The van der Waals surface area contributed by atoms with Crippen LogP contribution >= 0.6 is 0 Å². The number of nitrogens with one attached hydrogen (secondary N) is 2. The molecule has 0 spiro atoms. The van der Waals surface area contributed by atoms with Gasteiger partial charge in [0.1, 0.15) is 11.6 Å². The van der Waals surface area contributed by atoms with Crippen LogP contribution in [0.25, 0.3) is 0 Å². The van der Waals surface area contributed by atoms with Crippen LogP contribution in [0.1, 0.15) is 47.2 Å². The van der Waals surface area contributed by atoms with Gasteiger partial charge in [0.25, 0.3) is 5.91 Å². The lowest BCUT2D eigenvalue weighted by Crippen LogP contribution is -2.35. The Balaban J connectivity index is 1.64. The largest absolute Gasteiger partial charge is 0.467 e. The zero-order chi connectivity index (χ0) is 20.6. The van der Waals surface area contributed by atoms with Crippen molar-refractivity contribution in [2.24, 2.45) is 0 Å². The zero-order valence-electron chi connectivity index (χ0n) is 15.5. The van der Waals surface area contributed by atoms with Crippen molar-refractivity contribution in [3.8, 4) is 0 Å². The third-order valence-corrected chi connectivity index (χ3v) is 4.96. The first kappa shape index (κ1) is 19.1. The number of hydrogen-bond donors (Lipinski definition) is 2. The Labute approximate surface area is 164 Å². The van der Waals surface area contributed by atoms with E-state index in [-0.39, 0.29) is 17.9 Å².